The number of carbonyl (C=O) groups is 2. The molecule has 0 spiro atoms. The molecule has 2 fully saturated rings. The molecule has 31 heavy (non-hydrogen) atoms. The highest BCUT2D eigenvalue weighted by atomic mass is 32.1. The molecule has 3 amide bonds. The number of aromatic nitrogens is 1. The highest BCUT2D eigenvalue weighted by Gasteiger charge is 2.21. The molecule has 8 heteroatoms. The quantitative estimate of drug-likeness (QED) is 0.713. The van der Waals surface area contributed by atoms with Crippen molar-refractivity contribution in [3.05, 3.63) is 41.4 Å². The molecule has 2 heterocycles. The molecule has 0 bridgehead atoms. The van der Waals surface area contributed by atoms with Crippen LogP contribution in [0.1, 0.15) is 44.2 Å². The molecule has 1 saturated heterocycles. The van der Waals surface area contributed by atoms with Crippen molar-refractivity contribution in [3.63, 3.8) is 0 Å². The summed E-state index contributed by atoms with van der Waals surface area (Å²) in [7, 11) is 0. The summed E-state index contributed by atoms with van der Waals surface area (Å²) in [4.78, 5) is 33.5. The monoisotopic (exact) mass is 441 g/mol. The van der Waals surface area contributed by atoms with E-state index in [4.69, 9.17) is 0 Å². The Morgan fingerprint density at radius 1 is 1.03 bits per heavy atom. The molecule has 2 aliphatic rings. The van der Waals surface area contributed by atoms with Crippen molar-refractivity contribution >= 4 is 34.1 Å². The Labute approximate surface area is 187 Å². The fraction of sp³-hybridized carbons (Fsp3) is 0.522. The van der Waals surface area contributed by atoms with Gasteiger partial charge in [0.2, 0.25) is 5.91 Å². The lowest BCUT2D eigenvalue weighted by atomic mass is 9.96. The predicted octanol–water partition coefficient (Wildman–Crippen LogP) is 3.88. The molecule has 7 nitrogen and oxygen atoms in total. The first-order valence-electron chi connectivity index (χ1n) is 11.3. The van der Waals surface area contributed by atoms with Crippen LogP contribution in [0.25, 0.3) is 0 Å². The van der Waals surface area contributed by atoms with Crippen molar-refractivity contribution in [2.75, 3.05) is 36.4 Å². The van der Waals surface area contributed by atoms with E-state index < -0.39 is 0 Å². The fourth-order valence-corrected chi connectivity index (χ4v) is 5.03. The van der Waals surface area contributed by atoms with Gasteiger partial charge in [-0.25, -0.2) is 9.78 Å². The predicted molar refractivity (Wildman–Crippen MR) is 125 cm³/mol. The van der Waals surface area contributed by atoms with Gasteiger partial charge >= 0.3 is 6.03 Å². The average Bonchev–Trinajstić information content (AvgIpc) is 3.26. The number of carbonyl (C=O) groups excluding carboxylic acids is 2. The summed E-state index contributed by atoms with van der Waals surface area (Å²) in [6.07, 6.45) is 6.78. The van der Waals surface area contributed by atoms with Crippen LogP contribution < -0.4 is 15.5 Å². The summed E-state index contributed by atoms with van der Waals surface area (Å²) in [5.74, 6) is 0.172. The Morgan fingerprint density at radius 3 is 2.52 bits per heavy atom. The summed E-state index contributed by atoms with van der Waals surface area (Å²) in [5.41, 5.74) is 2.07. The summed E-state index contributed by atoms with van der Waals surface area (Å²) in [5, 5.41) is 8.39. The molecule has 4 rings (SSSR count). The molecule has 1 aromatic heterocycles. The van der Waals surface area contributed by atoms with Gasteiger partial charge in [0.25, 0.3) is 0 Å². The molecular formula is C23H31N5O2S. The Balaban J connectivity index is 1.18. The molecule has 1 aromatic carbocycles. The lowest BCUT2D eigenvalue weighted by molar-refractivity contribution is -0.131. The number of para-hydroxylation sites is 1. The van der Waals surface area contributed by atoms with Crippen LogP contribution in [0.4, 0.5) is 15.6 Å². The van der Waals surface area contributed by atoms with Gasteiger partial charge in [0, 0.05) is 49.7 Å². The van der Waals surface area contributed by atoms with Crippen LogP contribution in [-0.2, 0) is 11.2 Å². The van der Waals surface area contributed by atoms with Crippen LogP contribution in [-0.4, -0.2) is 54.0 Å². The van der Waals surface area contributed by atoms with E-state index in [1.807, 2.05) is 28.5 Å². The van der Waals surface area contributed by atoms with Crippen LogP contribution in [0.5, 0.6) is 0 Å². The van der Waals surface area contributed by atoms with Crippen LogP contribution in [0.15, 0.2) is 35.7 Å². The van der Waals surface area contributed by atoms with Crippen LogP contribution in [0.3, 0.4) is 0 Å². The third-order valence-electron chi connectivity index (χ3n) is 6.06. The van der Waals surface area contributed by atoms with E-state index in [9.17, 15) is 9.59 Å². The molecule has 2 aromatic rings. The second kappa shape index (κ2) is 10.6. The second-order valence-electron chi connectivity index (χ2n) is 8.28. The zero-order chi connectivity index (χ0) is 21.5. The molecule has 1 aliphatic carbocycles. The first-order chi connectivity index (χ1) is 15.2. The number of amides is 3. The van der Waals surface area contributed by atoms with Gasteiger partial charge in [0.05, 0.1) is 5.69 Å². The van der Waals surface area contributed by atoms with E-state index in [2.05, 4.69) is 32.7 Å². The number of piperazine rings is 1. The van der Waals surface area contributed by atoms with Gasteiger partial charge in [0.15, 0.2) is 5.13 Å². The summed E-state index contributed by atoms with van der Waals surface area (Å²) >= 11 is 1.41. The first kappa shape index (κ1) is 21.6. The van der Waals surface area contributed by atoms with Gasteiger partial charge in [0.1, 0.15) is 0 Å². The van der Waals surface area contributed by atoms with Crippen LogP contribution in [0, 0.1) is 0 Å². The average molecular weight is 442 g/mol. The largest absolute Gasteiger partial charge is 0.368 e. The van der Waals surface area contributed by atoms with Gasteiger partial charge in [-0.05, 0) is 31.4 Å². The number of nitrogens with zero attached hydrogens (tertiary/aromatic N) is 3. The highest BCUT2D eigenvalue weighted by Crippen LogP contribution is 2.20. The van der Waals surface area contributed by atoms with Gasteiger partial charge in [-0.2, -0.15) is 0 Å². The van der Waals surface area contributed by atoms with E-state index in [-0.39, 0.29) is 18.0 Å². The minimum atomic E-state index is -0.180. The maximum absolute atomic E-state index is 12.6. The van der Waals surface area contributed by atoms with Gasteiger partial charge in [-0.1, -0.05) is 37.5 Å². The summed E-state index contributed by atoms with van der Waals surface area (Å²) < 4.78 is 0. The highest BCUT2D eigenvalue weighted by molar-refractivity contribution is 7.13. The fourth-order valence-electron chi connectivity index (χ4n) is 4.29. The van der Waals surface area contributed by atoms with Crippen molar-refractivity contribution in [2.45, 2.75) is 51.0 Å². The van der Waals surface area contributed by atoms with Gasteiger partial charge in [-0.15, -0.1) is 11.3 Å². The molecule has 0 unspecified atom stereocenters. The number of anilines is 2. The minimum Gasteiger partial charge on any atom is -0.368 e. The lowest BCUT2D eigenvalue weighted by Crippen LogP contribution is -2.48. The van der Waals surface area contributed by atoms with E-state index in [1.54, 1.807) is 0 Å². The molecule has 166 valence electrons. The zero-order valence-electron chi connectivity index (χ0n) is 17.9. The number of benzene rings is 1. The molecular weight excluding hydrogens is 410 g/mol. The zero-order valence-corrected chi connectivity index (χ0v) is 18.7. The standard InChI is InChI=1S/C23H31N5O2S/c29-21(28-15-13-27(14-16-28)20-9-5-2-6-10-20)12-11-19-17-31-23(25-19)26-22(30)24-18-7-3-1-4-8-18/h2,5-6,9-10,17-18H,1,3-4,7-8,11-16H2,(H2,24,25,26,30). The number of aryl methyl sites for hydroxylation is 1. The Kier molecular flexibility index (Phi) is 7.40. The minimum absolute atomic E-state index is 0.172. The normalized spacial score (nSPS) is 17.4. The molecule has 0 radical (unpaired) electrons. The Morgan fingerprint density at radius 2 is 1.77 bits per heavy atom. The van der Waals surface area contributed by atoms with E-state index in [0.29, 0.717) is 18.0 Å². The first-order valence-corrected chi connectivity index (χ1v) is 12.1. The number of hydrogen-bond donors (Lipinski definition) is 2. The Hall–Kier alpha value is -2.61. The van der Waals surface area contributed by atoms with E-state index in [1.165, 1.54) is 36.3 Å². The second-order valence-corrected chi connectivity index (χ2v) is 9.14. The van der Waals surface area contributed by atoms with Crippen molar-refractivity contribution in [1.29, 1.82) is 0 Å². The van der Waals surface area contributed by atoms with E-state index >= 15 is 0 Å². The number of urea groups is 1. The maximum atomic E-state index is 12.6. The number of rotatable bonds is 6. The topological polar surface area (TPSA) is 77.6 Å². The van der Waals surface area contributed by atoms with Gasteiger partial charge in [-0.3, -0.25) is 10.1 Å². The number of thiazole rings is 1. The SMILES string of the molecule is O=C(Nc1nc(CCC(=O)N2CCN(c3ccccc3)CC2)cs1)NC1CCCCC1. The maximum Gasteiger partial charge on any atom is 0.321 e. The van der Waals surface area contributed by atoms with Crippen molar-refractivity contribution < 1.29 is 9.59 Å². The van der Waals surface area contributed by atoms with Gasteiger partial charge < -0.3 is 15.1 Å². The number of hydrogen-bond acceptors (Lipinski definition) is 5. The molecule has 2 N–H and O–H groups in total. The van der Waals surface area contributed by atoms with Crippen LogP contribution >= 0.6 is 11.3 Å². The van der Waals surface area contributed by atoms with Crippen molar-refractivity contribution in [1.82, 2.24) is 15.2 Å². The molecule has 0 atom stereocenters. The third kappa shape index (κ3) is 6.19. The Bertz CT molecular complexity index is 858. The summed E-state index contributed by atoms with van der Waals surface area (Å²) in [6, 6.07) is 10.4. The number of nitrogens with one attached hydrogen (secondary N) is 2. The van der Waals surface area contributed by atoms with Crippen molar-refractivity contribution in [3.8, 4) is 0 Å². The van der Waals surface area contributed by atoms with Crippen LogP contribution in [0.2, 0.25) is 0 Å². The van der Waals surface area contributed by atoms with E-state index in [0.717, 1.165) is 44.7 Å². The molecule has 1 aliphatic heterocycles. The smallest absolute Gasteiger partial charge is 0.321 e. The van der Waals surface area contributed by atoms with Crippen molar-refractivity contribution in [2.24, 2.45) is 0 Å². The third-order valence-corrected chi connectivity index (χ3v) is 6.87. The molecule has 1 saturated carbocycles. The lowest BCUT2D eigenvalue weighted by Gasteiger charge is -2.36. The summed E-state index contributed by atoms with van der Waals surface area (Å²) in [6.45, 7) is 3.21.